The molecule has 1 heterocycles. The van der Waals surface area contributed by atoms with Crippen molar-refractivity contribution in [3.8, 4) is 11.1 Å². The lowest BCUT2D eigenvalue weighted by atomic mass is 9.98. The molecule has 0 aliphatic rings. The molecule has 4 rings (SSSR count). The Labute approximate surface area is 263 Å². The molecule has 0 spiro atoms. The van der Waals surface area contributed by atoms with Crippen LogP contribution in [0.1, 0.15) is 54.5 Å². The number of hydrazine groups is 1. The summed E-state index contributed by atoms with van der Waals surface area (Å²) in [4.78, 5) is 28.1. The highest BCUT2D eigenvalue weighted by molar-refractivity contribution is 5.97. The van der Waals surface area contributed by atoms with Crippen LogP contribution in [0, 0.1) is 17.0 Å². The maximum atomic E-state index is 12.3. The monoisotopic (exact) mass is 615 g/mol. The predicted molar refractivity (Wildman–Crippen MR) is 174 cm³/mol. The van der Waals surface area contributed by atoms with E-state index in [2.05, 4.69) is 29.0 Å². The SMILES string of the molecule is CCCc1nc2c(C)cc(N(C=C[N+](=O)[O-])NC(COCC)OCC)cc2n1Cc1ccc(-c2ccccc2C(=O)OC)cc1. The minimum Gasteiger partial charge on any atom is -0.465 e. The first-order valence-corrected chi connectivity index (χ1v) is 15.1. The number of rotatable bonds is 16. The van der Waals surface area contributed by atoms with Gasteiger partial charge in [-0.05, 0) is 67.6 Å². The Morgan fingerprint density at radius 2 is 1.87 bits per heavy atom. The van der Waals surface area contributed by atoms with Gasteiger partial charge in [-0.15, -0.1) is 0 Å². The molecule has 0 saturated carbocycles. The van der Waals surface area contributed by atoms with Crippen molar-refractivity contribution in [1.82, 2.24) is 15.0 Å². The molecule has 0 aliphatic carbocycles. The van der Waals surface area contributed by atoms with Crippen LogP contribution in [0.15, 0.2) is 73.1 Å². The number of imidazole rings is 1. The zero-order valence-corrected chi connectivity index (χ0v) is 26.5. The topological polar surface area (TPSA) is 121 Å². The van der Waals surface area contributed by atoms with Gasteiger partial charge in [0.1, 0.15) is 12.1 Å². The Bertz CT molecular complexity index is 1630. The standard InChI is InChI=1S/C34H41N5O6/c1-6-11-31-35-33-24(4)20-27(38(18-19-39(41)42)36-32(45-8-3)23-44-7-2)21-30(33)37(31)22-25-14-16-26(17-15-25)28-12-9-10-13-29(28)34(40)43-5/h9-10,12-21,32,36H,6-8,11,22-23H2,1-5H3. The number of hydrogen-bond acceptors (Lipinski definition) is 9. The van der Waals surface area contributed by atoms with E-state index in [0.717, 1.165) is 58.2 Å². The van der Waals surface area contributed by atoms with Gasteiger partial charge in [-0.2, -0.15) is 5.43 Å². The molecule has 1 N–H and O–H groups in total. The summed E-state index contributed by atoms with van der Waals surface area (Å²) in [5.74, 6) is 0.578. The average Bonchev–Trinajstić information content (AvgIpc) is 3.38. The van der Waals surface area contributed by atoms with Gasteiger partial charge in [0.2, 0.25) is 0 Å². The lowest BCUT2D eigenvalue weighted by Crippen LogP contribution is -2.46. The number of carbonyl (C=O) groups is 1. The Morgan fingerprint density at radius 3 is 2.53 bits per heavy atom. The van der Waals surface area contributed by atoms with E-state index in [9.17, 15) is 14.9 Å². The van der Waals surface area contributed by atoms with Crippen molar-refractivity contribution >= 4 is 22.7 Å². The number of benzene rings is 3. The van der Waals surface area contributed by atoms with Crippen molar-refractivity contribution < 1.29 is 23.9 Å². The molecule has 11 nitrogen and oxygen atoms in total. The Balaban J connectivity index is 1.73. The second-order valence-corrected chi connectivity index (χ2v) is 10.4. The van der Waals surface area contributed by atoms with Gasteiger partial charge in [-0.1, -0.05) is 49.4 Å². The maximum absolute atomic E-state index is 12.3. The number of ether oxygens (including phenoxy) is 3. The average molecular weight is 616 g/mol. The van der Waals surface area contributed by atoms with Gasteiger partial charge >= 0.3 is 5.97 Å². The summed E-state index contributed by atoms with van der Waals surface area (Å²) in [5.41, 5.74) is 9.93. The van der Waals surface area contributed by atoms with Crippen LogP contribution in [0.25, 0.3) is 22.2 Å². The van der Waals surface area contributed by atoms with E-state index in [1.807, 2.05) is 63.2 Å². The van der Waals surface area contributed by atoms with Crippen LogP contribution in [0.5, 0.6) is 0 Å². The molecule has 0 amide bonds. The Morgan fingerprint density at radius 1 is 1.11 bits per heavy atom. The minimum absolute atomic E-state index is 0.271. The zero-order valence-electron chi connectivity index (χ0n) is 26.5. The van der Waals surface area contributed by atoms with Crippen molar-refractivity contribution in [2.24, 2.45) is 0 Å². The molecule has 45 heavy (non-hydrogen) atoms. The van der Waals surface area contributed by atoms with Crippen LogP contribution in [-0.2, 0) is 27.2 Å². The fourth-order valence-corrected chi connectivity index (χ4v) is 5.18. The Kier molecular flexibility index (Phi) is 11.8. The second kappa shape index (κ2) is 15.9. The van der Waals surface area contributed by atoms with E-state index in [4.69, 9.17) is 19.2 Å². The molecule has 4 aromatic rings. The second-order valence-electron chi connectivity index (χ2n) is 10.4. The summed E-state index contributed by atoms with van der Waals surface area (Å²) in [6.07, 6.45) is 3.45. The lowest BCUT2D eigenvalue weighted by molar-refractivity contribution is -0.402. The molecule has 1 atom stereocenters. The van der Waals surface area contributed by atoms with E-state index < -0.39 is 11.2 Å². The first-order valence-electron chi connectivity index (χ1n) is 15.1. The fourth-order valence-electron chi connectivity index (χ4n) is 5.18. The number of nitro groups is 1. The zero-order chi connectivity index (χ0) is 32.3. The van der Waals surface area contributed by atoms with Gasteiger partial charge in [0.15, 0.2) is 0 Å². The largest absolute Gasteiger partial charge is 0.465 e. The molecule has 11 heteroatoms. The van der Waals surface area contributed by atoms with Gasteiger partial charge in [0.05, 0.1) is 47.1 Å². The third-order valence-electron chi connectivity index (χ3n) is 7.26. The predicted octanol–water partition coefficient (Wildman–Crippen LogP) is 6.26. The van der Waals surface area contributed by atoms with Gasteiger partial charge in [0.25, 0.3) is 6.20 Å². The van der Waals surface area contributed by atoms with Crippen LogP contribution in [0.4, 0.5) is 5.69 Å². The molecule has 0 aliphatic heterocycles. The van der Waals surface area contributed by atoms with Crippen LogP contribution < -0.4 is 10.4 Å². The van der Waals surface area contributed by atoms with Gasteiger partial charge < -0.3 is 18.8 Å². The first kappa shape index (κ1) is 33.3. The normalized spacial score (nSPS) is 12.1. The highest BCUT2D eigenvalue weighted by Gasteiger charge is 2.19. The molecular formula is C34H41N5O6. The van der Waals surface area contributed by atoms with Crippen LogP contribution >= 0.6 is 0 Å². The van der Waals surface area contributed by atoms with E-state index in [1.54, 1.807) is 11.1 Å². The summed E-state index contributed by atoms with van der Waals surface area (Å²) >= 11 is 0. The smallest absolute Gasteiger partial charge is 0.338 e. The van der Waals surface area contributed by atoms with Crippen LogP contribution in [0.2, 0.25) is 0 Å². The molecule has 0 radical (unpaired) electrons. The fraction of sp³-hybridized carbons (Fsp3) is 0.353. The van der Waals surface area contributed by atoms with Crippen molar-refractivity contribution in [2.45, 2.75) is 53.3 Å². The van der Waals surface area contributed by atoms with Gasteiger partial charge in [-0.25, -0.2) is 9.78 Å². The summed E-state index contributed by atoms with van der Waals surface area (Å²) in [6.45, 7) is 9.68. The third-order valence-corrected chi connectivity index (χ3v) is 7.26. The summed E-state index contributed by atoms with van der Waals surface area (Å²) in [5, 5.41) is 12.9. The van der Waals surface area contributed by atoms with E-state index in [0.29, 0.717) is 31.0 Å². The first-order chi connectivity index (χ1) is 21.8. The molecule has 238 valence electrons. The number of esters is 1. The highest BCUT2D eigenvalue weighted by atomic mass is 16.6. The van der Waals surface area contributed by atoms with E-state index >= 15 is 0 Å². The van der Waals surface area contributed by atoms with Crippen molar-refractivity contribution in [3.05, 3.63) is 106 Å². The van der Waals surface area contributed by atoms with Crippen molar-refractivity contribution in [3.63, 3.8) is 0 Å². The number of hydrogen-bond donors (Lipinski definition) is 1. The summed E-state index contributed by atoms with van der Waals surface area (Å²) < 4.78 is 18.5. The number of carbonyl (C=O) groups excluding carboxylic acids is 1. The van der Waals surface area contributed by atoms with Crippen LogP contribution in [0.3, 0.4) is 0 Å². The van der Waals surface area contributed by atoms with Crippen molar-refractivity contribution in [1.29, 1.82) is 0 Å². The molecule has 0 bridgehead atoms. The van der Waals surface area contributed by atoms with Gasteiger partial charge in [-0.3, -0.25) is 15.1 Å². The molecule has 1 unspecified atom stereocenters. The number of nitrogens with zero attached hydrogens (tertiary/aromatic N) is 4. The van der Waals surface area contributed by atoms with Crippen molar-refractivity contribution in [2.75, 3.05) is 31.9 Å². The summed E-state index contributed by atoms with van der Waals surface area (Å²) in [7, 11) is 1.38. The number of aryl methyl sites for hydroxylation is 2. The molecule has 0 fully saturated rings. The third kappa shape index (κ3) is 8.33. The maximum Gasteiger partial charge on any atom is 0.338 e. The molecule has 3 aromatic carbocycles. The molecular weight excluding hydrogens is 574 g/mol. The molecule has 1 aromatic heterocycles. The molecule has 0 saturated heterocycles. The van der Waals surface area contributed by atoms with E-state index in [1.165, 1.54) is 13.3 Å². The number of methoxy groups -OCH3 is 1. The quantitative estimate of drug-likeness (QED) is 0.0674. The number of anilines is 1. The summed E-state index contributed by atoms with van der Waals surface area (Å²) in [6, 6.07) is 19.4. The van der Waals surface area contributed by atoms with Crippen LogP contribution in [-0.4, -0.2) is 53.6 Å². The van der Waals surface area contributed by atoms with Gasteiger partial charge in [0, 0.05) is 26.2 Å². The Hall–Kier alpha value is -4.58. The highest BCUT2D eigenvalue weighted by Crippen LogP contribution is 2.29. The van der Waals surface area contributed by atoms with E-state index in [-0.39, 0.29) is 12.6 Å². The number of nitrogens with one attached hydrogen (secondary N) is 1. The lowest BCUT2D eigenvalue weighted by Gasteiger charge is -2.27. The number of aromatic nitrogens is 2. The minimum atomic E-state index is -0.522. The number of fused-ring (bicyclic) bond motifs is 1.